The number of nitrogens with one attached hydrogen (secondary N) is 11. The van der Waals surface area contributed by atoms with E-state index in [0.717, 1.165) is 0 Å². The predicted octanol–water partition coefficient (Wildman–Crippen LogP) is 1.10. The Kier molecular flexibility index (Phi) is 28.1. The number of carbonyl (C=O) groups excluding carboxylic acids is 11. The number of nitrogens with two attached hydrogens (primary N) is 3. The smallest absolute Gasteiger partial charge is 0.245 e. The summed E-state index contributed by atoms with van der Waals surface area (Å²) in [5.74, 6) is -9.38. The molecule has 11 amide bonds. The fourth-order valence-electron chi connectivity index (χ4n) is 12.3. The number of aliphatic hydroxyl groups excluding tert-OH is 1. The van der Waals surface area contributed by atoms with Crippen LogP contribution in [0.4, 0.5) is 0 Å². The monoisotopic (exact) mass is 1430 g/mol. The second kappa shape index (κ2) is 37.4. The molecule has 1 aliphatic heterocycles. The topological polar surface area (TPSA) is 462 Å². The number of aliphatic hydroxyl groups is 1. The van der Waals surface area contributed by atoms with Crippen molar-refractivity contribution in [3.63, 3.8) is 0 Å². The molecule has 30 heteroatoms. The van der Waals surface area contributed by atoms with Gasteiger partial charge >= 0.3 is 0 Å². The molecule has 1 saturated heterocycles. The molecule has 0 bridgehead atoms. The first-order valence-corrected chi connectivity index (χ1v) is 34.3. The van der Waals surface area contributed by atoms with Gasteiger partial charge in [-0.2, -0.15) is 0 Å². The summed E-state index contributed by atoms with van der Waals surface area (Å²) in [5.41, 5.74) is 20.6. The Morgan fingerprint density at radius 1 is 0.544 bits per heavy atom. The van der Waals surface area contributed by atoms with E-state index in [-0.39, 0.29) is 88.5 Å². The molecule has 29 nitrogen and oxygen atoms in total. The molecule has 1 aliphatic rings. The van der Waals surface area contributed by atoms with Gasteiger partial charge in [0.15, 0.2) is 5.96 Å². The average Bonchev–Trinajstić information content (AvgIpc) is 1.73. The number of nitrogens with zero attached hydrogens (tertiary/aromatic N) is 2. The van der Waals surface area contributed by atoms with Gasteiger partial charge in [0.1, 0.15) is 60.1 Å². The van der Waals surface area contributed by atoms with Crippen molar-refractivity contribution < 1.29 is 63.0 Å². The molecule has 0 spiro atoms. The lowest BCUT2D eigenvalue weighted by Gasteiger charge is -2.30. The van der Waals surface area contributed by atoms with Crippen LogP contribution >= 0.6 is 11.6 Å². The summed E-state index contributed by atoms with van der Waals surface area (Å²) in [5, 5.41) is 47.4. The second-order valence-corrected chi connectivity index (χ2v) is 26.3. The molecule has 9 atom stereocenters. The first-order valence-electron chi connectivity index (χ1n) is 33.9. The summed E-state index contributed by atoms with van der Waals surface area (Å²) in [6.07, 6.45) is 3.38. The van der Waals surface area contributed by atoms with Crippen molar-refractivity contribution in [3.8, 4) is 5.75 Å². The lowest BCUT2D eigenvalue weighted by atomic mass is 9.99. The van der Waals surface area contributed by atoms with Crippen LogP contribution in [-0.4, -0.2) is 177 Å². The molecule has 103 heavy (non-hydrogen) atoms. The van der Waals surface area contributed by atoms with Crippen LogP contribution < -0.4 is 65.1 Å². The number of aromatic hydroxyl groups is 1. The van der Waals surface area contributed by atoms with Crippen LogP contribution in [0.1, 0.15) is 80.7 Å². The van der Waals surface area contributed by atoms with Crippen molar-refractivity contribution in [2.75, 3.05) is 26.2 Å². The summed E-state index contributed by atoms with van der Waals surface area (Å²) in [7, 11) is 0. The second-order valence-electron chi connectivity index (χ2n) is 25.8. The highest BCUT2D eigenvalue weighted by Gasteiger charge is 2.40. The molecule has 0 aliphatic carbocycles. The Labute approximate surface area is 599 Å². The van der Waals surface area contributed by atoms with Crippen LogP contribution in [0.5, 0.6) is 5.75 Å². The molecule has 0 radical (unpaired) electrons. The van der Waals surface area contributed by atoms with E-state index in [1.807, 2.05) is 0 Å². The number of para-hydroxylation sites is 2. The van der Waals surface area contributed by atoms with Crippen molar-refractivity contribution in [2.24, 2.45) is 28.1 Å². The zero-order valence-corrected chi connectivity index (χ0v) is 58.1. The van der Waals surface area contributed by atoms with Gasteiger partial charge in [-0.05, 0) is 102 Å². The molecule has 3 heterocycles. The number of hydrogen-bond donors (Lipinski definition) is 16. The average molecular weight is 1430 g/mol. The van der Waals surface area contributed by atoms with Crippen molar-refractivity contribution in [1.29, 1.82) is 0 Å². The SMILES string of the molecule is CC(=O)N[C@H](Cc1ccccc1)C(=O)N[C@H](Cc1ccc(Cl)cc1)C(=O)N[C@H](Cc1c[nH]c2ccccc12)C(=O)N[C@@H](CO)C(=O)N[C@@H](Cc1ccc(O)cc1)C(=O)N[C@@H](Cc1c[nH]c2ccccc12)C(=O)N[C@@H](CC(C)C)C(=O)N[C@@H](CCCN=C(N)N)C(=O)N1CCC[C@H]1C(=O)NCC(N)=O. The number of aliphatic imine (C=N–C) groups is 1. The Balaban J connectivity index is 1.07. The molecule has 1 fully saturated rings. The lowest BCUT2D eigenvalue weighted by Crippen LogP contribution is -2.62. The largest absolute Gasteiger partial charge is 0.508 e. The van der Waals surface area contributed by atoms with Crippen LogP contribution in [0.25, 0.3) is 21.8 Å². The minimum atomic E-state index is -1.83. The number of primary amides is 1. The molecule has 546 valence electrons. The highest BCUT2D eigenvalue weighted by Crippen LogP contribution is 2.24. The van der Waals surface area contributed by atoms with Gasteiger partial charge in [0.05, 0.1) is 13.2 Å². The van der Waals surface area contributed by atoms with Crippen LogP contribution in [0, 0.1) is 5.92 Å². The van der Waals surface area contributed by atoms with E-state index in [1.165, 1.54) is 36.1 Å². The Morgan fingerprint density at radius 2 is 0.971 bits per heavy atom. The number of likely N-dealkylation sites (tertiary alicyclic amines) is 1. The third kappa shape index (κ3) is 22.8. The minimum Gasteiger partial charge on any atom is -0.508 e. The third-order valence-corrected chi connectivity index (χ3v) is 17.7. The summed E-state index contributed by atoms with van der Waals surface area (Å²) in [6, 6.07) is 22.8. The molecule has 2 aromatic heterocycles. The number of rotatable bonds is 36. The summed E-state index contributed by atoms with van der Waals surface area (Å²) < 4.78 is 0. The minimum absolute atomic E-state index is 0.0122. The molecule has 19 N–H and O–H groups in total. The molecular weight excluding hydrogens is 1340 g/mol. The third-order valence-electron chi connectivity index (χ3n) is 17.4. The number of carbonyl (C=O) groups is 11. The van der Waals surface area contributed by atoms with Gasteiger partial charge in [0.25, 0.3) is 0 Å². The molecular formula is C73H89ClN16O13. The number of H-pyrrole nitrogens is 2. The number of halogens is 1. The van der Waals surface area contributed by atoms with Gasteiger partial charge in [-0.3, -0.25) is 57.7 Å². The first kappa shape index (κ1) is 77.4. The highest BCUT2D eigenvalue weighted by atomic mass is 35.5. The van der Waals surface area contributed by atoms with Gasteiger partial charge in [0.2, 0.25) is 65.0 Å². The number of fused-ring (bicyclic) bond motifs is 2. The molecule has 7 aromatic rings. The molecule has 0 saturated carbocycles. The number of phenols is 1. The molecule has 0 unspecified atom stereocenters. The van der Waals surface area contributed by atoms with E-state index in [4.69, 9.17) is 28.8 Å². The van der Waals surface area contributed by atoms with Crippen LogP contribution in [0.15, 0.2) is 145 Å². The quantitative estimate of drug-likeness (QED) is 0.0149. The standard InChI is InChI=1S/C73H89ClN16O13/c1-41(2)31-55(64(95)83-54(19-11-29-78-73(76)77)72(103)90-30-12-20-62(90)71(102)81-39-63(75)94)84-68(99)59(35-46-37-79-52-17-9-7-15-50(46)52)87-67(98)58(34-45-23-27-49(93)28-24-45)86-70(101)61(40-91)89-69(100)60(36-47-38-80-53-18-10-8-16-51(47)53)88-66(97)57(33-44-21-25-48(74)26-22-44)85-65(96)56(82-42(3)92)32-43-13-5-4-6-14-43/h4-10,13-18,21-28,37-38,41,54-62,79-80,91,93H,11-12,19-20,29-36,39-40H2,1-3H3,(H2,75,94)(H,81,102)(H,82,92)(H,83,95)(H,84,99)(H,85,96)(H,86,101)(H,87,98)(H,88,97)(H,89,100)(H4,76,77,78)/t54-,55-,56+,57+,58-,59-,60+,61-,62-/m0/s1. The zero-order chi connectivity index (χ0) is 74.3. The van der Waals surface area contributed by atoms with Gasteiger partial charge < -0.3 is 90.1 Å². The van der Waals surface area contributed by atoms with E-state index < -0.39 is 133 Å². The summed E-state index contributed by atoms with van der Waals surface area (Å²) in [6.45, 7) is 3.55. The predicted molar refractivity (Wildman–Crippen MR) is 386 cm³/mol. The van der Waals surface area contributed by atoms with Crippen molar-refractivity contribution in [3.05, 3.63) is 173 Å². The maximum atomic E-state index is 15.2. The summed E-state index contributed by atoms with van der Waals surface area (Å²) in [4.78, 5) is 168. The normalized spacial score (nSPS) is 15.0. The number of aromatic nitrogens is 2. The van der Waals surface area contributed by atoms with E-state index in [9.17, 15) is 53.4 Å². The number of hydrogen-bond acceptors (Lipinski definition) is 14. The maximum Gasteiger partial charge on any atom is 0.245 e. The molecule has 5 aromatic carbocycles. The number of phenolic OH excluding ortho intramolecular Hbond substituents is 1. The zero-order valence-electron chi connectivity index (χ0n) is 57.3. The first-order chi connectivity index (χ1) is 49.3. The Hall–Kier alpha value is -11.3. The highest BCUT2D eigenvalue weighted by molar-refractivity contribution is 6.30. The van der Waals surface area contributed by atoms with E-state index >= 15 is 9.59 Å². The molecule has 8 rings (SSSR count). The van der Waals surface area contributed by atoms with Crippen LogP contribution in [-0.2, 0) is 84.8 Å². The number of amides is 11. The van der Waals surface area contributed by atoms with Crippen molar-refractivity contribution in [1.82, 2.24) is 62.7 Å². The maximum absolute atomic E-state index is 15.2. The van der Waals surface area contributed by atoms with Crippen LogP contribution in [0.3, 0.4) is 0 Å². The van der Waals surface area contributed by atoms with Crippen molar-refractivity contribution >= 4 is 104 Å². The number of aromatic amines is 2. The fourth-order valence-corrected chi connectivity index (χ4v) is 12.4. The fraction of sp³-hybridized carbons (Fsp3) is 0.370. The van der Waals surface area contributed by atoms with E-state index in [1.54, 1.807) is 129 Å². The number of guanidine groups is 1. The van der Waals surface area contributed by atoms with Gasteiger partial charge in [-0.1, -0.05) is 116 Å². The lowest BCUT2D eigenvalue weighted by molar-refractivity contribution is -0.142. The van der Waals surface area contributed by atoms with Crippen LogP contribution in [0.2, 0.25) is 5.02 Å². The Bertz CT molecular complexity index is 4160. The number of benzene rings is 5. The van der Waals surface area contributed by atoms with Gasteiger partial charge in [-0.15, -0.1) is 0 Å². The van der Waals surface area contributed by atoms with Gasteiger partial charge in [-0.25, -0.2) is 0 Å². The van der Waals surface area contributed by atoms with Gasteiger partial charge in [0, 0.05) is 91.3 Å². The van der Waals surface area contributed by atoms with Crippen molar-refractivity contribution in [2.45, 2.75) is 139 Å². The van der Waals surface area contributed by atoms with E-state index in [2.05, 4.69) is 62.8 Å². The Morgan fingerprint density at radius 3 is 1.46 bits per heavy atom. The summed E-state index contributed by atoms with van der Waals surface area (Å²) >= 11 is 6.24. The van der Waals surface area contributed by atoms with E-state index in [0.29, 0.717) is 61.1 Å².